The summed E-state index contributed by atoms with van der Waals surface area (Å²) in [7, 11) is 0. The first kappa shape index (κ1) is 12.4. The first-order valence-electron chi connectivity index (χ1n) is 5.45. The van der Waals surface area contributed by atoms with Crippen molar-refractivity contribution in [1.82, 2.24) is 4.90 Å². The summed E-state index contributed by atoms with van der Waals surface area (Å²) in [6, 6.07) is 0. The van der Waals surface area contributed by atoms with Gasteiger partial charge in [-0.15, -0.1) is 0 Å². The van der Waals surface area contributed by atoms with Gasteiger partial charge in [0.1, 0.15) is 0 Å². The molecule has 0 saturated heterocycles. The molecule has 0 aromatic rings. The monoisotopic (exact) mass is 229 g/mol. The lowest BCUT2D eigenvalue weighted by molar-refractivity contribution is 0.0964. The fraction of sp³-hybridized carbons (Fsp3) is 0.727. The third kappa shape index (κ3) is 2.91. The van der Waals surface area contributed by atoms with Gasteiger partial charge >= 0.3 is 6.09 Å². The van der Waals surface area contributed by atoms with Gasteiger partial charge in [-0.25, -0.2) is 4.79 Å². The molecular weight excluding hydrogens is 210 g/mol. The van der Waals surface area contributed by atoms with E-state index in [1.54, 1.807) is 4.90 Å². The van der Waals surface area contributed by atoms with Gasteiger partial charge in [-0.05, 0) is 19.8 Å². The molecular formula is C11H19NO2S. The van der Waals surface area contributed by atoms with Crippen molar-refractivity contribution in [1.29, 1.82) is 0 Å². The van der Waals surface area contributed by atoms with Gasteiger partial charge in [-0.1, -0.05) is 25.8 Å². The minimum atomic E-state index is -0.343. The molecule has 1 aliphatic carbocycles. The van der Waals surface area contributed by atoms with Gasteiger partial charge in [0, 0.05) is 6.54 Å². The smallest absolute Gasteiger partial charge is 0.415 e. The second-order valence-electron chi connectivity index (χ2n) is 3.84. The van der Waals surface area contributed by atoms with Gasteiger partial charge in [0.25, 0.3) is 0 Å². The Kier molecular flexibility index (Phi) is 4.51. The normalized spacial score (nSPS) is 19.3. The summed E-state index contributed by atoms with van der Waals surface area (Å²) in [6.45, 7) is 5.95. The van der Waals surface area contributed by atoms with Gasteiger partial charge in [-0.2, -0.15) is 12.6 Å². The van der Waals surface area contributed by atoms with Crippen LogP contribution < -0.4 is 0 Å². The second-order valence-corrected chi connectivity index (χ2v) is 4.67. The Bertz CT molecular complexity index is 237. The molecule has 0 bridgehead atoms. The summed E-state index contributed by atoms with van der Waals surface area (Å²) in [6.07, 6.45) is 6.20. The predicted octanol–water partition coefficient (Wildman–Crippen LogP) is 3.18. The first-order valence-corrected chi connectivity index (χ1v) is 5.90. The summed E-state index contributed by atoms with van der Waals surface area (Å²) < 4.78 is 4.82. The Morgan fingerprint density at radius 1 is 1.53 bits per heavy atom. The van der Waals surface area contributed by atoms with Crippen LogP contribution in [-0.2, 0) is 4.74 Å². The zero-order chi connectivity index (χ0) is 11.3. The molecule has 0 radical (unpaired) electrons. The Morgan fingerprint density at radius 3 is 2.60 bits per heavy atom. The number of hydrogen-bond acceptors (Lipinski definition) is 3. The number of rotatable bonds is 3. The number of carbonyl (C=O) groups is 1. The van der Waals surface area contributed by atoms with E-state index in [2.05, 4.69) is 19.2 Å². The molecule has 3 nitrogen and oxygen atoms in total. The van der Waals surface area contributed by atoms with Gasteiger partial charge < -0.3 is 4.74 Å². The third-order valence-electron chi connectivity index (χ3n) is 2.88. The summed E-state index contributed by atoms with van der Waals surface area (Å²) in [5.41, 5.74) is 0. The van der Waals surface area contributed by atoms with Crippen molar-refractivity contribution in [2.24, 2.45) is 0 Å². The van der Waals surface area contributed by atoms with E-state index in [9.17, 15) is 4.79 Å². The highest BCUT2D eigenvalue weighted by Crippen LogP contribution is 2.37. The van der Waals surface area contributed by atoms with E-state index in [0.717, 1.165) is 25.7 Å². The van der Waals surface area contributed by atoms with Gasteiger partial charge in [0.05, 0.1) is 11.1 Å². The SMILES string of the molecule is C=COC(=O)N(CC)C1(S)CCCCC1. The molecule has 15 heavy (non-hydrogen) atoms. The molecule has 0 atom stereocenters. The van der Waals surface area contributed by atoms with Crippen LogP contribution in [0.15, 0.2) is 12.8 Å². The average Bonchev–Trinajstić information content (AvgIpc) is 2.19. The van der Waals surface area contributed by atoms with Crippen LogP contribution in [-0.4, -0.2) is 22.4 Å². The van der Waals surface area contributed by atoms with E-state index in [1.807, 2.05) is 6.92 Å². The lowest BCUT2D eigenvalue weighted by Crippen LogP contribution is -2.48. The molecule has 1 aliphatic rings. The van der Waals surface area contributed by atoms with E-state index in [-0.39, 0.29) is 11.0 Å². The topological polar surface area (TPSA) is 29.5 Å². The molecule has 0 aromatic heterocycles. The van der Waals surface area contributed by atoms with E-state index >= 15 is 0 Å². The van der Waals surface area contributed by atoms with Crippen molar-refractivity contribution in [3.63, 3.8) is 0 Å². The summed E-state index contributed by atoms with van der Waals surface area (Å²) in [5.74, 6) is 0. The zero-order valence-corrected chi connectivity index (χ0v) is 10.1. The molecule has 0 heterocycles. The van der Waals surface area contributed by atoms with Crippen molar-refractivity contribution >= 4 is 18.7 Å². The van der Waals surface area contributed by atoms with Crippen molar-refractivity contribution in [2.45, 2.75) is 43.9 Å². The van der Waals surface area contributed by atoms with E-state index in [1.165, 1.54) is 12.7 Å². The van der Waals surface area contributed by atoms with Crippen molar-refractivity contribution in [3.8, 4) is 0 Å². The maximum atomic E-state index is 11.7. The highest BCUT2D eigenvalue weighted by molar-refractivity contribution is 7.81. The van der Waals surface area contributed by atoms with E-state index in [0.29, 0.717) is 6.54 Å². The predicted molar refractivity (Wildman–Crippen MR) is 63.9 cm³/mol. The Labute approximate surface area is 96.9 Å². The Hall–Kier alpha value is -0.640. The van der Waals surface area contributed by atoms with Crippen LogP contribution in [0.4, 0.5) is 4.79 Å². The summed E-state index contributed by atoms with van der Waals surface area (Å²) in [5, 5.41) is 0. The fourth-order valence-corrected chi connectivity index (χ4v) is 2.66. The quantitative estimate of drug-likeness (QED) is 0.457. The molecule has 1 fully saturated rings. The molecule has 0 aromatic carbocycles. The maximum absolute atomic E-state index is 11.7. The summed E-state index contributed by atoms with van der Waals surface area (Å²) in [4.78, 5) is 13.0. The largest absolute Gasteiger partial charge is 0.419 e. The van der Waals surface area contributed by atoms with Crippen LogP contribution in [0.2, 0.25) is 0 Å². The van der Waals surface area contributed by atoms with E-state index < -0.39 is 0 Å². The molecule has 86 valence electrons. The number of ether oxygens (including phenoxy) is 1. The molecule has 0 spiro atoms. The van der Waals surface area contributed by atoms with Crippen LogP contribution in [0.25, 0.3) is 0 Å². The van der Waals surface area contributed by atoms with Gasteiger partial charge in [-0.3, -0.25) is 4.90 Å². The fourth-order valence-electron chi connectivity index (χ4n) is 2.12. The zero-order valence-electron chi connectivity index (χ0n) is 9.24. The number of carbonyl (C=O) groups excluding carboxylic acids is 1. The second kappa shape index (κ2) is 5.45. The highest BCUT2D eigenvalue weighted by Gasteiger charge is 2.37. The average molecular weight is 229 g/mol. The molecule has 0 N–H and O–H groups in total. The molecule has 0 unspecified atom stereocenters. The van der Waals surface area contributed by atoms with Gasteiger partial charge in [0.15, 0.2) is 0 Å². The molecule has 1 amide bonds. The lowest BCUT2D eigenvalue weighted by atomic mass is 9.93. The minimum absolute atomic E-state index is 0.326. The summed E-state index contributed by atoms with van der Waals surface area (Å²) >= 11 is 4.65. The third-order valence-corrected chi connectivity index (χ3v) is 3.57. The minimum Gasteiger partial charge on any atom is -0.419 e. The van der Waals surface area contributed by atoms with Crippen LogP contribution >= 0.6 is 12.6 Å². The standard InChI is InChI=1S/C11H19NO2S/c1-3-12(10(13)14-4-2)11(15)8-6-5-7-9-11/h4,15H,2-3,5-9H2,1H3. The number of thiol groups is 1. The van der Waals surface area contributed by atoms with Crippen molar-refractivity contribution in [3.05, 3.63) is 12.8 Å². The number of hydrogen-bond donors (Lipinski definition) is 1. The Balaban J connectivity index is 2.70. The number of amides is 1. The maximum Gasteiger partial charge on any atom is 0.415 e. The van der Waals surface area contributed by atoms with Gasteiger partial charge in [0.2, 0.25) is 0 Å². The van der Waals surface area contributed by atoms with Crippen molar-refractivity contribution < 1.29 is 9.53 Å². The van der Waals surface area contributed by atoms with Crippen LogP contribution in [0.3, 0.4) is 0 Å². The Morgan fingerprint density at radius 2 is 2.13 bits per heavy atom. The molecule has 1 rings (SSSR count). The first-order chi connectivity index (χ1) is 7.14. The molecule has 1 saturated carbocycles. The number of nitrogens with zero attached hydrogens (tertiary/aromatic N) is 1. The van der Waals surface area contributed by atoms with Crippen LogP contribution in [0, 0.1) is 0 Å². The van der Waals surface area contributed by atoms with Crippen molar-refractivity contribution in [2.75, 3.05) is 6.54 Å². The van der Waals surface area contributed by atoms with Crippen LogP contribution in [0.5, 0.6) is 0 Å². The lowest BCUT2D eigenvalue weighted by Gasteiger charge is -2.41. The molecule has 0 aliphatic heterocycles. The molecule has 4 heteroatoms. The van der Waals surface area contributed by atoms with Crippen LogP contribution in [0.1, 0.15) is 39.0 Å². The van der Waals surface area contributed by atoms with E-state index in [4.69, 9.17) is 4.74 Å². The highest BCUT2D eigenvalue weighted by atomic mass is 32.1.